The third kappa shape index (κ3) is 5.33. The van der Waals surface area contributed by atoms with Crippen molar-refractivity contribution >= 4 is 27.5 Å². The molecule has 1 N–H and O–H groups in total. The van der Waals surface area contributed by atoms with E-state index in [1.807, 2.05) is 25.1 Å². The number of fused-ring (bicyclic) bond motifs is 1. The van der Waals surface area contributed by atoms with Gasteiger partial charge in [-0.05, 0) is 38.1 Å². The highest BCUT2D eigenvalue weighted by Crippen LogP contribution is 2.35. The quantitative estimate of drug-likeness (QED) is 0.499. The highest BCUT2D eigenvalue weighted by molar-refractivity contribution is 7.20. The van der Waals surface area contributed by atoms with E-state index in [9.17, 15) is 4.79 Å². The Morgan fingerprint density at radius 2 is 1.97 bits per heavy atom. The van der Waals surface area contributed by atoms with Gasteiger partial charge in [-0.3, -0.25) is 4.79 Å². The Morgan fingerprint density at radius 3 is 2.67 bits per heavy atom. The van der Waals surface area contributed by atoms with Gasteiger partial charge >= 0.3 is 0 Å². The van der Waals surface area contributed by atoms with E-state index in [2.05, 4.69) is 39.4 Å². The number of carbonyl (C=O) groups excluding carboxylic acids is 1. The predicted molar refractivity (Wildman–Crippen MR) is 119 cm³/mol. The van der Waals surface area contributed by atoms with Crippen LogP contribution in [0, 0.1) is 6.92 Å². The number of nitrogens with zero attached hydrogens (tertiary/aromatic N) is 3. The first-order chi connectivity index (χ1) is 14.5. The standard InChI is InChI=1S/C22H28N4O3S/c1-15-18-21(29-4)24-17(14-28-3)25-22(18)30-19(15)20(27)23-11-8-12-26(2)13-16-9-6-5-7-10-16/h5-7,9-10H,8,11-14H2,1-4H3,(H,23,27). The predicted octanol–water partition coefficient (Wildman–Crippen LogP) is 3.41. The van der Waals surface area contributed by atoms with Crippen molar-refractivity contribution in [2.45, 2.75) is 26.5 Å². The van der Waals surface area contributed by atoms with Crippen LogP contribution >= 0.6 is 11.3 Å². The molecule has 7 nitrogen and oxygen atoms in total. The van der Waals surface area contributed by atoms with Crippen molar-refractivity contribution in [3.05, 3.63) is 52.2 Å². The number of nitrogens with one attached hydrogen (secondary N) is 1. The largest absolute Gasteiger partial charge is 0.480 e. The smallest absolute Gasteiger partial charge is 0.261 e. The van der Waals surface area contributed by atoms with Crippen LogP contribution in [0.3, 0.4) is 0 Å². The first-order valence-corrected chi connectivity index (χ1v) is 10.7. The fourth-order valence-electron chi connectivity index (χ4n) is 3.31. The van der Waals surface area contributed by atoms with Gasteiger partial charge in [0, 0.05) is 20.2 Å². The van der Waals surface area contributed by atoms with Gasteiger partial charge in [0.25, 0.3) is 5.91 Å². The zero-order valence-electron chi connectivity index (χ0n) is 17.9. The zero-order chi connectivity index (χ0) is 21.5. The number of carbonyl (C=O) groups is 1. The number of rotatable bonds is 10. The Bertz CT molecular complexity index is 991. The maximum absolute atomic E-state index is 12.8. The zero-order valence-corrected chi connectivity index (χ0v) is 18.7. The van der Waals surface area contributed by atoms with E-state index in [0.29, 0.717) is 29.7 Å². The molecule has 0 fully saturated rings. The lowest BCUT2D eigenvalue weighted by molar-refractivity contribution is 0.0955. The van der Waals surface area contributed by atoms with E-state index in [0.717, 1.165) is 35.3 Å². The summed E-state index contributed by atoms with van der Waals surface area (Å²) in [6.45, 7) is 4.61. The third-order valence-corrected chi connectivity index (χ3v) is 5.96. The molecule has 0 bridgehead atoms. The molecule has 0 aliphatic carbocycles. The first kappa shape index (κ1) is 22.1. The summed E-state index contributed by atoms with van der Waals surface area (Å²) in [5.74, 6) is 0.926. The van der Waals surface area contributed by atoms with E-state index in [-0.39, 0.29) is 5.91 Å². The second-order valence-electron chi connectivity index (χ2n) is 7.15. The number of benzene rings is 1. The molecule has 0 unspecified atom stereocenters. The van der Waals surface area contributed by atoms with Gasteiger partial charge in [0.1, 0.15) is 11.4 Å². The van der Waals surface area contributed by atoms with Crippen molar-refractivity contribution in [1.29, 1.82) is 0 Å². The first-order valence-electron chi connectivity index (χ1n) is 9.87. The van der Waals surface area contributed by atoms with E-state index >= 15 is 0 Å². The topological polar surface area (TPSA) is 76.6 Å². The summed E-state index contributed by atoms with van der Waals surface area (Å²) in [5, 5.41) is 3.82. The van der Waals surface area contributed by atoms with Crippen LogP contribution in [0.15, 0.2) is 30.3 Å². The Labute approximate surface area is 181 Å². The number of aromatic nitrogens is 2. The van der Waals surface area contributed by atoms with Gasteiger partial charge in [-0.1, -0.05) is 30.3 Å². The summed E-state index contributed by atoms with van der Waals surface area (Å²) in [6.07, 6.45) is 0.875. The molecule has 0 atom stereocenters. The van der Waals surface area contributed by atoms with E-state index in [1.165, 1.54) is 16.9 Å². The van der Waals surface area contributed by atoms with E-state index < -0.39 is 0 Å². The minimum Gasteiger partial charge on any atom is -0.480 e. The van der Waals surface area contributed by atoms with Crippen LogP contribution in [0.2, 0.25) is 0 Å². The lowest BCUT2D eigenvalue weighted by atomic mass is 10.2. The summed E-state index contributed by atoms with van der Waals surface area (Å²) >= 11 is 1.36. The average Bonchev–Trinajstić information content (AvgIpc) is 3.08. The van der Waals surface area contributed by atoms with Gasteiger partial charge in [-0.2, -0.15) is 4.98 Å². The van der Waals surface area contributed by atoms with Crippen LogP contribution in [0.5, 0.6) is 5.88 Å². The molecule has 3 aromatic rings. The third-order valence-electron chi connectivity index (χ3n) is 4.77. The molecule has 3 rings (SSSR count). The van der Waals surface area contributed by atoms with Crippen LogP contribution < -0.4 is 10.1 Å². The summed E-state index contributed by atoms with van der Waals surface area (Å²) in [5.41, 5.74) is 2.13. The highest BCUT2D eigenvalue weighted by Gasteiger charge is 2.21. The van der Waals surface area contributed by atoms with Crippen LogP contribution in [0.1, 0.15) is 33.0 Å². The Balaban J connectivity index is 1.59. The fraction of sp³-hybridized carbons (Fsp3) is 0.409. The number of thiophene rings is 1. The molecule has 160 valence electrons. The Morgan fingerprint density at radius 1 is 1.20 bits per heavy atom. The van der Waals surface area contributed by atoms with Crippen molar-refractivity contribution in [2.75, 3.05) is 34.4 Å². The van der Waals surface area contributed by atoms with E-state index in [4.69, 9.17) is 9.47 Å². The van der Waals surface area contributed by atoms with Gasteiger partial charge < -0.3 is 19.7 Å². The number of methoxy groups -OCH3 is 2. The fourth-order valence-corrected chi connectivity index (χ4v) is 4.41. The molecule has 1 aromatic carbocycles. The van der Waals surface area contributed by atoms with Gasteiger partial charge in [0.15, 0.2) is 5.82 Å². The molecule has 0 spiro atoms. The summed E-state index contributed by atoms with van der Waals surface area (Å²) in [6, 6.07) is 10.4. The molecule has 1 amide bonds. The Kier molecular flexibility index (Phi) is 7.73. The molecule has 0 saturated heterocycles. The monoisotopic (exact) mass is 428 g/mol. The minimum atomic E-state index is -0.0865. The van der Waals surface area contributed by atoms with Crippen LogP contribution in [0.4, 0.5) is 0 Å². The van der Waals surface area contributed by atoms with Crippen LogP contribution in [0.25, 0.3) is 10.2 Å². The summed E-state index contributed by atoms with van der Waals surface area (Å²) in [7, 11) is 5.25. The molecule has 0 aliphatic heterocycles. The van der Waals surface area contributed by atoms with Gasteiger partial charge in [0.2, 0.25) is 5.88 Å². The number of hydrogen-bond acceptors (Lipinski definition) is 7. The molecular weight excluding hydrogens is 400 g/mol. The molecule has 30 heavy (non-hydrogen) atoms. The van der Waals surface area contributed by atoms with Crippen molar-refractivity contribution in [3.63, 3.8) is 0 Å². The normalized spacial score (nSPS) is 11.2. The SMILES string of the molecule is COCc1nc(OC)c2c(C)c(C(=O)NCCCN(C)Cc3ccccc3)sc2n1. The van der Waals surface area contributed by atoms with Gasteiger partial charge in [-0.25, -0.2) is 4.98 Å². The highest BCUT2D eigenvalue weighted by atomic mass is 32.1. The van der Waals surface area contributed by atoms with Crippen LogP contribution in [-0.2, 0) is 17.9 Å². The maximum Gasteiger partial charge on any atom is 0.261 e. The molecule has 0 saturated carbocycles. The summed E-state index contributed by atoms with van der Waals surface area (Å²) in [4.78, 5) is 25.3. The van der Waals surface area contributed by atoms with Gasteiger partial charge in [0.05, 0.1) is 17.4 Å². The Hall–Kier alpha value is -2.55. The van der Waals surface area contributed by atoms with Crippen molar-refractivity contribution in [1.82, 2.24) is 20.2 Å². The molecule has 2 heterocycles. The second kappa shape index (κ2) is 10.5. The van der Waals surface area contributed by atoms with Crippen molar-refractivity contribution in [3.8, 4) is 5.88 Å². The van der Waals surface area contributed by atoms with Crippen LogP contribution in [-0.4, -0.2) is 55.1 Å². The molecule has 0 radical (unpaired) electrons. The second-order valence-corrected chi connectivity index (χ2v) is 8.15. The van der Waals surface area contributed by atoms with Crippen molar-refractivity contribution in [2.24, 2.45) is 0 Å². The average molecular weight is 429 g/mol. The summed E-state index contributed by atoms with van der Waals surface area (Å²) < 4.78 is 10.5. The number of ether oxygens (including phenoxy) is 2. The minimum absolute atomic E-state index is 0.0865. The number of aryl methyl sites for hydroxylation is 1. The maximum atomic E-state index is 12.8. The molecule has 0 aliphatic rings. The molecule has 2 aromatic heterocycles. The van der Waals surface area contributed by atoms with E-state index in [1.54, 1.807) is 14.2 Å². The van der Waals surface area contributed by atoms with Crippen molar-refractivity contribution < 1.29 is 14.3 Å². The number of amides is 1. The lowest BCUT2D eigenvalue weighted by Gasteiger charge is -2.16. The molecule has 8 heteroatoms. The number of hydrogen-bond donors (Lipinski definition) is 1. The lowest BCUT2D eigenvalue weighted by Crippen LogP contribution is -2.28. The van der Waals surface area contributed by atoms with Gasteiger partial charge in [-0.15, -0.1) is 11.3 Å². The molecular formula is C22H28N4O3S.